The van der Waals surface area contributed by atoms with Crippen molar-refractivity contribution in [3.05, 3.63) is 39.4 Å². The molecule has 2 N–H and O–H groups in total. The standard InChI is InChI=1S/C10H8N2O5/c11-4-9(14)10(15)7-2-1-6(5-13)3-8(7)12(16)17/h1-3,5,9-10,14-15H. The van der Waals surface area contributed by atoms with Gasteiger partial charge in [-0.3, -0.25) is 14.9 Å². The third kappa shape index (κ3) is 2.63. The first kappa shape index (κ1) is 12.8. The van der Waals surface area contributed by atoms with Crippen LogP contribution in [0.25, 0.3) is 0 Å². The van der Waals surface area contributed by atoms with Gasteiger partial charge in [-0.1, -0.05) is 6.07 Å². The second-order valence-corrected chi connectivity index (χ2v) is 3.21. The van der Waals surface area contributed by atoms with Gasteiger partial charge in [-0.2, -0.15) is 5.26 Å². The molecule has 2 atom stereocenters. The normalized spacial score (nSPS) is 13.5. The summed E-state index contributed by atoms with van der Waals surface area (Å²) in [5, 5.41) is 37.8. The van der Waals surface area contributed by atoms with Gasteiger partial charge < -0.3 is 10.2 Å². The summed E-state index contributed by atoms with van der Waals surface area (Å²) in [6.07, 6.45) is -3.04. The van der Waals surface area contributed by atoms with Crippen LogP contribution in [0.15, 0.2) is 18.2 Å². The minimum atomic E-state index is -1.77. The summed E-state index contributed by atoms with van der Waals surface area (Å²) < 4.78 is 0. The molecule has 0 amide bonds. The molecule has 0 radical (unpaired) electrons. The molecule has 1 aromatic rings. The highest BCUT2D eigenvalue weighted by Crippen LogP contribution is 2.27. The molecule has 0 bridgehead atoms. The summed E-state index contributed by atoms with van der Waals surface area (Å²) in [5.74, 6) is 0. The Kier molecular flexibility index (Phi) is 3.87. The Hall–Kier alpha value is -2.30. The molecule has 0 aliphatic heterocycles. The molecule has 1 rings (SSSR count). The number of nitro groups is 1. The van der Waals surface area contributed by atoms with Gasteiger partial charge in [0.1, 0.15) is 12.4 Å². The van der Waals surface area contributed by atoms with Gasteiger partial charge in [-0.05, 0) is 6.07 Å². The Labute approximate surface area is 95.7 Å². The first-order valence-corrected chi connectivity index (χ1v) is 4.50. The number of hydrogen-bond donors (Lipinski definition) is 2. The van der Waals surface area contributed by atoms with Crippen molar-refractivity contribution in [2.45, 2.75) is 12.2 Å². The predicted molar refractivity (Wildman–Crippen MR) is 55.1 cm³/mol. The largest absolute Gasteiger partial charge is 0.384 e. The average molecular weight is 236 g/mol. The highest BCUT2D eigenvalue weighted by Gasteiger charge is 2.26. The zero-order chi connectivity index (χ0) is 13.0. The summed E-state index contributed by atoms with van der Waals surface area (Å²) >= 11 is 0. The number of carbonyl (C=O) groups excluding carboxylic acids is 1. The zero-order valence-corrected chi connectivity index (χ0v) is 8.48. The second-order valence-electron chi connectivity index (χ2n) is 3.21. The number of carbonyl (C=O) groups is 1. The molecule has 2 unspecified atom stereocenters. The molecule has 88 valence electrons. The smallest absolute Gasteiger partial charge is 0.276 e. The summed E-state index contributed by atoms with van der Waals surface area (Å²) in [6.45, 7) is 0. The molecular formula is C10H8N2O5. The summed E-state index contributed by atoms with van der Waals surface area (Å²) in [7, 11) is 0. The van der Waals surface area contributed by atoms with Gasteiger partial charge in [0, 0.05) is 11.6 Å². The van der Waals surface area contributed by atoms with Crippen molar-refractivity contribution < 1.29 is 19.9 Å². The van der Waals surface area contributed by atoms with Gasteiger partial charge in [0.05, 0.1) is 16.6 Å². The van der Waals surface area contributed by atoms with E-state index in [1.807, 2.05) is 0 Å². The summed E-state index contributed by atoms with van der Waals surface area (Å²) in [4.78, 5) is 20.4. The van der Waals surface area contributed by atoms with Gasteiger partial charge in [0.15, 0.2) is 6.10 Å². The lowest BCUT2D eigenvalue weighted by Gasteiger charge is -2.12. The third-order valence-electron chi connectivity index (χ3n) is 2.14. The molecule has 0 spiro atoms. The minimum absolute atomic E-state index is 0.0686. The van der Waals surface area contributed by atoms with Crippen molar-refractivity contribution in [1.29, 1.82) is 5.26 Å². The molecule has 0 aliphatic carbocycles. The highest BCUT2D eigenvalue weighted by atomic mass is 16.6. The fourth-order valence-corrected chi connectivity index (χ4v) is 1.28. The lowest BCUT2D eigenvalue weighted by Crippen LogP contribution is -2.17. The first-order chi connectivity index (χ1) is 8.01. The van der Waals surface area contributed by atoms with Gasteiger partial charge in [0.2, 0.25) is 0 Å². The van der Waals surface area contributed by atoms with Crippen molar-refractivity contribution in [2.24, 2.45) is 0 Å². The SMILES string of the molecule is N#CC(O)C(O)c1ccc(C=O)cc1[N+](=O)[O-]. The van der Waals surface area contributed by atoms with Gasteiger partial charge >= 0.3 is 0 Å². The lowest BCUT2D eigenvalue weighted by molar-refractivity contribution is -0.386. The Morgan fingerprint density at radius 3 is 2.59 bits per heavy atom. The Morgan fingerprint density at radius 2 is 2.12 bits per heavy atom. The Morgan fingerprint density at radius 1 is 1.47 bits per heavy atom. The second kappa shape index (κ2) is 5.16. The number of benzene rings is 1. The number of hydrogen-bond acceptors (Lipinski definition) is 6. The molecule has 7 nitrogen and oxygen atoms in total. The monoisotopic (exact) mass is 236 g/mol. The van der Waals surface area contributed by atoms with E-state index in [1.165, 1.54) is 12.1 Å². The van der Waals surface area contributed by atoms with Crippen LogP contribution < -0.4 is 0 Å². The minimum Gasteiger partial charge on any atom is -0.384 e. The zero-order valence-electron chi connectivity index (χ0n) is 8.48. The number of aldehydes is 1. The van der Waals surface area contributed by atoms with Crippen LogP contribution in [0.2, 0.25) is 0 Å². The molecule has 1 aromatic carbocycles. The van der Waals surface area contributed by atoms with E-state index in [2.05, 4.69) is 0 Å². The average Bonchev–Trinajstić information content (AvgIpc) is 2.35. The number of aliphatic hydroxyl groups excluding tert-OH is 2. The van der Waals surface area contributed by atoms with Crippen LogP contribution in [-0.4, -0.2) is 27.5 Å². The molecule has 0 saturated carbocycles. The number of aliphatic hydroxyl groups is 2. The van der Waals surface area contributed by atoms with Crippen LogP contribution >= 0.6 is 0 Å². The maximum absolute atomic E-state index is 10.7. The van der Waals surface area contributed by atoms with E-state index in [-0.39, 0.29) is 11.1 Å². The molecule has 0 saturated heterocycles. The lowest BCUT2D eigenvalue weighted by atomic mass is 10.0. The van der Waals surface area contributed by atoms with E-state index < -0.39 is 22.8 Å². The van der Waals surface area contributed by atoms with Crippen molar-refractivity contribution in [1.82, 2.24) is 0 Å². The van der Waals surface area contributed by atoms with Gasteiger partial charge in [0.25, 0.3) is 5.69 Å². The van der Waals surface area contributed by atoms with E-state index >= 15 is 0 Å². The van der Waals surface area contributed by atoms with E-state index in [4.69, 9.17) is 10.4 Å². The van der Waals surface area contributed by atoms with Crippen molar-refractivity contribution >= 4 is 12.0 Å². The third-order valence-corrected chi connectivity index (χ3v) is 2.14. The quantitative estimate of drug-likeness (QED) is 0.336. The van der Waals surface area contributed by atoms with Crippen molar-refractivity contribution in [2.75, 3.05) is 0 Å². The topological polar surface area (TPSA) is 124 Å². The van der Waals surface area contributed by atoms with Crippen LogP contribution in [0.1, 0.15) is 22.0 Å². The van der Waals surface area contributed by atoms with E-state index in [9.17, 15) is 20.0 Å². The number of nitriles is 1. The molecule has 0 aliphatic rings. The Balaban J connectivity index is 3.29. The van der Waals surface area contributed by atoms with Gasteiger partial charge in [-0.25, -0.2) is 0 Å². The van der Waals surface area contributed by atoms with Crippen LogP contribution in [0.4, 0.5) is 5.69 Å². The number of nitro benzene ring substituents is 1. The van der Waals surface area contributed by atoms with Crippen LogP contribution in [0.5, 0.6) is 0 Å². The van der Waals surface area contributed by atoms with Crippen LogP contribution in [0, 0.1) is 21.4 Å². The molecule has 0 aromatic heterocycles. The molecule has 0 heterocycles. The molecular weight excluding hydrogens is 228 g/mol. The number of rotatable bonds is 4. The summed E-state index contributed by atoms with van der Waals surface area (Å²) in [6, 6.07) is 4.72. The fourth-order valence-electron chi connectivity index (χ4n) is 1.28. The fraction of sp³-hybridized carbons (Fsp3) is 0.200. The van der Waals surface area contributed by atoms with Crippen molar-refractivity contribution in [3.8, 4) is 6.07 Å². The van der Waals surface area contributed by atoms with E-state index in [0.717, 1.165) is 12.1 Å². The number of nitrogens with zero attached hydrogens (tertiary/aromatic N) is 2. The molecule has 7 heteroatoms. The maximum atomic E-state index is 10.7. The predicted octanol–water partition coefficient (Wildman–Crippen LogP) is 0.325. The molecule has 17 heavy (non-hydrogen) atoms. The van der Waals surface area contributed by atoms with E-state index in [0.29, 0.717) is 6.29 Å². The molecule has 0 fully saturated rings. The van der Waals surface area contributed by atoms with Crippen LogP contribution in [0.3, 0.4) is 0 Å². The maximum Gasteiger partial charge on any atom is 0.276 e. The van der Waals surface area contributed by atoms with Crippen molar-refractivity contribution in [3.63, 3.8) is 0 Å². The summed E-state index contributed by atoms with van der Waals surface area (Å²) in [5.41, 5.74) is -0.662. The van der Waals surface area contributed by atoms with Crippen LogP contribution in [-0.2, 0) is 0 Å². The van der Waals surface area contributed by atoms with E-state index in [1.54, 1.807) is 0 Å². The Bertz CT molecular complexity index is 494. The first-order valence-electron chi connectivity index (χ1n) is 4.50. The van der Waals surface area contributed by atoms with Gasteiger partial charge in [-0.15, -0.1) is 0 Å². The highest BCUT2D eigenvalue weighted by molar-refractivity contribution is 5.76.